The quantitative estimate of drug-likeness (QED) is 0.608. The van der Waals surface area contributed by atoms with E-state index in [1.54, 1.807) is 12.1 Å². The molecule has 0 atom stereocenters. The Morgan fingerprint density at radius 2 is 2.12 bits per heavy atom. The lowest BCUT2D eigenvalue weighted by atomic mass is 10.1. The summed E-state index contributed by atoms with van der Waals surface area (Å²) in [6.07, 6.45) is 1.59. The van der Waals surface area contributed by atoms with Gasteiger partial charge in [0.2, 0.25) is 0 Å². The molecule has 0 spiro atoms. The molecule has 0 saturated heterocycles. The van der Waals surface area contributed by atoms with Crippen LogP contribution in [0.25, 0.3) is 0 Å². The summed E-state index contributed by atoms with van der Waals surface area (Å²) in [6.45, 7) is 1.26. The van der Waals surface area contributed by atoms with Crippen molar-refractivity contribution < 1.29 is 23.0 Å². The van der Waals surface area contributed by atoms with Crippen LogP contribution in [0.2, 0.25) is 4.34 Å². The summed E-state index contributed by atoms with van der Waals surface area (Å²) in [5.74, 6) is -0.413. The number of ether oxygens (including phenoxy) is 2. The molecule has 0 aliphatic heterocycles. The number of carbonyl (C=O) groups excluding carboxylic acids is 1. The highest BCUT2D eigenvalue weighted by Gasteiger charge is 2.19. The maximum atomic E-state index is 12.7. The van der Waals surface area contributed by atoms with Gasteiger partial charge in [0.15, 0.2) is 11.5 Å². The Labute approximate surface area is 153 Å². The van der Waals surface area contributed by atoms with Crippen molar-refractivity contribution >= 4 is 28.8 Å². The van der Waals surface area contributed by atoms with Crippen molar-refractivity contribution in [2.75, 3.05) is 13.7 Å². The number of hydrogen-bond acceptors (Lipinski definition) is 4. The highest BCUT2D eigenvalue weighted by atomic mass is 35.5. The molecule has 1 aromatic heterocycles. The van der Waals surface area contributed by atoms with E-state index >= 15 is 0 Å². The van der Waals surface area contributed by atoms with Crippen LogP contribution in [-0.2, 0) is 6.54 Å². The fraction of sp³-hybridized carbons (Fsp3) is 0.235. The van der Waals surface area contributed by atoms with Gasteiger partial charge in [0.25, 0.3) is 5.91 Å². The lowest BCUT2D eigenvalue weighted by Gasteiger charge is -2.21. The Balaban J connectivity index is 2.26. The molecule has 2 rings (SSSR count). The maximum Gasteiger partial charge on any atom is 0.387 e. The molecule has 0 radical (unpaired) electrons. The number of alkyl halides is 2. The third-order valence-corrected chi connectivity index (χ3v) is 4.45. The molecule has 0 saturated carbocycles. The van der Waals surface area contributed by atoms with E-state index < -0.39 is 6.61 Å². The van der Waals surface area contributed by atoms with E-state index in [4.69, 9.17) is 16.3 Å². The van der Waals surface area contributed by atoms with E-state index in [-0.39, 0.29) is 23.0 Å². The first-order valence-electron chi connectivity index (χ1n) is 7.21. The molecule has 2 aromatic rings. The fourth-order valence-corrected chi connectivity index (χ4v) is 3.28. The molecule has 1 amide bonds. The molecule has 25 heavy (non-hydrogen) atoms. The largest absolute Gasteiger partial charge is 0.493 e. The summed E-state index contributed by atoms with van der Waals surface area (Å²) in [4.78, 5) is 15.2. The second kappa shape index (κ2) is 8.82. The molecule has 4 nitrogen and oxygen atoms in total. The number of thiophene rings is 1. The van der Waals surface area contributed by atoms with Gasteiger partial charge < -0.3 is 14.4 Å². The Bertz CT molecular complexity index is 751. The summed E-state index contributed by atoms with van der Waals surface area (Å²) < 4.78 is 35.1. The molecular weight excluding hydrogens is 372 g/mol. The van der Waals surface area contributed by atoms with Crippen LogP contribution in [0.1, 0.15) is 15.2 Å². The number of amides is 1. The van der Waals surface area contributed by atoms with E-state index in [0.717, 1.165) is 4.88 Å². The molecule has 0 aliphatic rings. The first-order valence-corrected chi connectivity index (χ1v) is 8.41. The Hall–Kier alpha value is -2.12. The van der Waals surface area contributed by atoms with Gasteiger partial charge in [0, 0.05) is 17.0 Å². The molecule has 0 N–H and O–H groups in total. The smallest absolute Gasteiger partial charge is 0.387 e. The minimum absolute atomic E-state index is 0.122. The van der Waals surface area contributed by atoms with Crippen molar-refractivity contribution in [2.45, 2.75) is 13.2 Å². The standard InChI is InChI=1S/C17H16ClF2NO3S/c1-3-8-21(10-12-5-7-15(18)25-12)16(22)11-4-6-13(23-2)14(9-11)24-17(19)20/h3-7,9,17H,1,8,10H2,2H3. The lowest BCUT2D eigenvalue weighted by molar-refractivity contribution is -0.0512. The maximum absolute atomic E-state index is 12.7. The minimum Gasteiger partial charge on any atom is -0.493 e. The van der Waals surface area contributed by atoms with Gasteiger partial charge in [-0.25, -0.2) is 0 Å². The van der Waals surface area contributed by atoms with Crippen molar-refractivity contribution in [3.63, 3.8) is 0 Å². The molecule has 0 fully saturated rings. The van der Waals surface area contributed by atoms with E-state index in [2.05, 4.69) is 11.3 Å². The number of rotatable bonds is 8. The molecule has 8 heteroatoms. The van der Waals surface area contributed by atoms with Crippen molar-refractivity contribution in [1.29, 1.82) is 0 Å². The highest BCUT2D eigenvalue weighted by Crippen LogP contribution is 2.30. The monoisotopic (exact) mass is 387 g/mol. The first-order chi connectivity index (χ1) is 11.9. The van der Waals surface area contributed by atoms with Crippen LogP contribution in [0.5, 0.6) is 11.5 Å². The molecule has 1 aromatic carbocycles. The Morgan fingerprint density at radius 1 is 1.36 bits per heavy atom. The number of benzene rings is 1. The SMILES string of the molecule is C=CCN(Cc1ccc(Cl)s1)C(=O)c1ccc(OC)c(OC(F)F)c1. The number of carbonyl (C=O) groups is 1. The number of halogens is 3. The third kappa shape index (κ3) is 5.17. The topological polar surface area (TPSA) is 38.8 Å². The van der Waals surface area contributed by atoms with Gasteiger partial charge in [-0.1, -0.05) is 17.7 Å². The van der Waals surface area contributed by atoms with Gasteiger partial charge in [0.1, 0.15) is 0 Å². The second-order valence-electron chi connectivity index (χ2n) is 4.92. The van der Waals surface area contributed by atoms with Crippen molar-refractivity contribution in [1.82, 2.24) is 4.90 Å². The van der Waals surface area contributed by atoms with Gasteiger partial charge >= 0.3 is 6.61 Å². The lowest BCUT2D eigenvalue weighted by Crippen LogP contribution is -2.30. The van der Waals surface area contributed by atoms with E-state index in [1.807, 2.05) is 6.07 Å². The van der Waals surface area contributed by atoms with E-state index in [1.165, 1.54) is 41.5 Å². The zero-order valence-electron chi connectivity index (χ0n) is 13.4. The average molecular weight is 388 g/mol. The van der Waals surface area contributed by atoms with Gasteiger partial charge in [-0.05, 0) is 30.3 Å². The Kier molecular flexibility index (Phi) is 6.78. The van der Waals surface area contributed by atoms with E-state index in [9.17, 15) is 13.6 Å². The van der Waals surface area contributed by atoms with Crippen molar-refractivity contribution in [3.05, 3.63) is 57.8 Å². The highest BCUT2D eigenvalue weighted by molar-refractivity contribution is 7.16. The van der Waals surface area contributed by atoms with Gasteiger partial charge in [-0.2, -0.15) is 8.78 Å². The second-order valence-corrected chi connectivity index (χ2v) is 6.72. The van der Waals surface area contributed by atoms with Crippen LogP contribution in [0.4, 0.5) is 8.78 Å². The van der Waals surface area contributed by atoms with Crippen LogP contribution in [0.3, 0.4) is 0 Å². The first kappa shape index (κ1) is 19.2. The van der Waals surface area contributed by atoms with Crippen LogP contribution < -0.4 is 9.47 Å². The van der Waals surface area contributed by atoms with Crippen molar-refractivity contribution in [2.24, 2.45) is 0 Å². The zero-order chi connectivity index (χ0) is 18.4. The summed E-state index contributed by atoms with van der Waals surface area (Å²) in [6, 6.07) is 7.73. The van der Waals surface area contributed by atoms with Crippen LogP contribution in [0, 0.1) is 0 Å². The molecule has 134 valence electrons. The molecular formula is C17H16ClF2NO3S. The van der Waals surface area contributed by atoms with Gasteiger partial charge in [0.05, 0.1) is 18.0 Å². The minimum atomic E-state index is -3.02. The summed E-state index contributed by atoms with van der Waals surface area (Å²) >= 11 is 7.28. The number of hydrogen-bond donors (Lipinski definition) is 0. The molecule has 0 bridgehead atoms. The normalized spacial score (nSPS) is 10.6. The molecule has 0 unspecified atom stereocenters. The summed E-state index contributed by atoms with van der Waals surface area (Å²) in [7, 11) is 1.33. The average Bonchev–Trinajstić information content (AvgIpc) is 2.98. The van der Waals surface area contributed by atoms with Gasteiger partial charge in [-0.15, -0.1) is 17.9 Å². The predicted octanol–water partition coefficient (Wildman–Crippen LogP) is 4.84. The van der Waals surface area contributed by atoms with Crippen LogP contribution in [-0.4, -0.2) is 31.1 Å². The third-order valence-electron chi connectivity index (χ3n) is 3.24. The van der Waals surface area contributed by atoms with Gasteiger partial charge in [-0.3, -0.25) is 4.79 Å². The van der Waals surface area contributed by atoms with Crippen molar-refractivity contribution in [3.8, 4) is 11.5 Å². The van der Waals surface area contributed by atoms with E-state index in [0.29, 0.717) is 17.4 Å². The predicted molar refractivity (Wildman–Crippen MR) is 93.9 cm³/mol. The zero-order valence-corrected chi connectivity index (χ0v) is 14.9. The van der Waals surface area contributed by atoms with Crippen LogP contribution >= 0.6 is 22.9 Å². The number of nitrogens with zero attached hydrogens (tertiary/aromatic N) is 1. The summed E-state index contributed by atoms with van der Waals surface area (Å²) in [5, 5.41) is 0. The fourth-order valence-electron chi connectivity index (χ4n) is 2.18. The Morgan fingerprint density at radius 3 is 2.68 bits per heavy atom. The number of methoxy groups -OCH3 is 1. The molecule has 0 aliphatic carbocycles. The molecule has 1 heterocycles. The summed E-state index contributed by atoms with van der Waals surface area (Å²) in [5.41, 5.74) is 0.209. The van der Waals surface area contributed by atoms with Crippen LogP contribution in [0.15, 0.2) is 43.0 Å².